The van der Waals surface area contributed by atoms with Gasteiger partial charge >= 0.3 is 0 Å². The van der Waals surface area contributed by atoms with Crippen molar-refractivity contribution in [2.24, 2.45) is 22.5 Å². The molecular weight excluding hydrogens is 222 g/mol. The largest absolute Gasteiger partial charge is 0.397 e. The van der Waals surface area contributed by atoms with Gasteiger partial charge in [-0.1, -0.05) is 6.07 Å². The fourth-order valence-corrected chi connectivity index (χ4v) is 1.38. The number of nitrogens with one attached hydrogen (secondary N) is 1. The van der Waals surface area contributed by atoms with Gasteiger partial charge in [-0.15, -0.1) is 0 Å². The lowest BCUT2D eigenvalue weighted by Gasteiger charge is -2.13. The number of nitrogen functional groups attached to an aromatic ring is 1. The number of nitrogens with zero attached hydrogens (tertiary/aromatic N) is 2. The summed E-state index contributed by atoms with van der Waals surface area (Å²) in [7, 11) is 0. The van der Waals surface area contributed by atoms with Crippen LogP contribution in [0, 0.1) is 0 Å². The van der Waals surface area contributed by atoms with Crippen LogP contribution in [0.1, 0.15) is 12.0 Å². The highest BCUT2D eigenvalue weighted by Gasteiger charge is 2.05. The Morgan fingerprint density at radius 1 is 1.47 bits per heavy atom. The first-order valence-corrected chi connectivity index (χ1v) is 4.94. The first-order valence-electron chi connectivity index (χ1n) is 4.94. The zero-order valence-electron chi connectivity index (χ0n) is 9.30. The molecule has 8 heteroatoms. The molecule has 0 fully saturated rings. The maximum Gasteiger partial charge on any atom is 0.121 e. The first-order chi connectivity index (χ1) is 8.04. The van der Waals surface area contributed by atoms with Crippen LogP contribution in [0.5, 0.6) is 0 Å². The van der Waals surface area contributed by atoms with Gasteiger partial charge in [-0.25, -0.2) is 17.2 Å². The predicted octanol–water partition coefficient (Wildman–Crippen LogP) is -0.994. The number of hydrazine groups is 2. The summed E-state index contributed by atoms with van der Waals surface area (Å²) in [6.07, 6.45) is 1.21. The molecule has 0 aromatic heterocycles. The van der Waals surface area contributed by atoms with Crippen LogP contribution in [0.25, 0.3) is 0 Å². The van der Waals surface area contributed by atoms with Crippen LogP contribution >= 0.6 is 0 Å². The van der Waals surface area contributed by atoms with E-state index in [1.807, 2.05) is 0 Å². The molecule has 0 aliphatic heterocycles. The van der Waals surface area contributed by atoms with Crippen molar-refractivity contribution in [2.75, 3.05) is 10.9 Å². The Morgan fingerprint density at radius 3 is 2.71 bits per heavy atom. The number of amidine groups is 1. The highest BCUT2D eigenvalue weighted by Crippen LogP contribution is 2.21. The molecule has 0 saturated carbocycles. The molecule has 0 spiro atoms. The molecule has 0 aliphatic rings. The molecule has 94 valence electrons. The van der Waals surface area contributed by atoms with E-state index in [9.17, 15) is 0 Å². The molecule has 0 unspecified atom stereocenters. The summed E-state index contributed by atoms with van der Waals surface area (Å²) in [6.45, 7) is 0. The van der Waals surface area contributed by atoms with Crippen molar-refractivity contribution >= 4 is 17.2 Å². The Labute approximate surface area is 98.7 Å². The Bertz CT molecular complexity index is 404. The molecule has 1 rings (SSSR count). The topological polar surface area (TPSA) is 152 Å². The molecule has 8 nitrogen and oxygen atoms in total. The second kappa shape index (κ2) is 5.89. The van der Waals surface area contributed by atoms with Crippen LogP contribution in [-0.4, -0.2) is 11.0 Å². The molecule has 0 amide bonds. The lowest BCUT2D eigenvalue weighted by atomic mass is 10.1. The number of anilines is 2. The Balaban J connectivity index is 2.68. The minimum atomic E-state index is 0.346. The predicted molar refractivity (Wildman–Crippen MR) is 66.6 cm³/mol. The molecule has 0 heterocycles. The normalized spacial score (nSPS) is 11.4. The van der Waals surface area contributed by atoms with Gasteiger partial charge < -0.3 is 11.5 Å². The highest BCUT2D eigenvalue weighted by atomic mass is 16.5. The van der Waals surface area contributed by atoms with E-state index in [0.717, 1.165) is 5.56 Å². The first kappa shape index (κ1) is 13.0. The van der Waals surface area contributed by atoms with Crippen molar-refractivity contribution in [2.45, 2.75) is 12.8 Å². The number of benzene rings is 1. The van der Waals surface area contributed by atoms with Crippen LogP contribution in [-0.2, 0) is 6.42 Å². The van der Waals surface area contributed by atoms with Crippen molar-refractivity contribution in [1.29, 1.82) is 0 Å². The lowest BCUT2D eigenvalue weighted by molar-refractivity contribution is 0.258. The Kier molecular flexibility index (Phi) is 4.52. The van der Waals surface area contributed by atoms with Crippen molar-refractivity contribution in [3.8, 4) is 0 Å². The molecule has 0 atom stereocenters. The summed E-state index contributed by atoms with van der Waals surface area (Å²) in [5, 5.41) is 13.2. The van der Waals surface area contributed by atoms with Crippen molar-refractivity contribution < 1.29 is 5.21 Å². The number of hydrogen-bond acceptors (Lipinski definition) is 7. The third-order valence-electron chi connectivity index (χ3n) is 2.22. The van der Waals surface area contributed by atoms with Gasteiger partial charge in [-0.2, -0.15) is 10.3 Å². The smallest absolute Gasteiger partial charge is 0.121 e. The zero-order chi connectivity index (χ0) is 12.8. The summed E-state index contributed by atoms with van der Waals surface area (Å²) in [6, 6.07) is 5.14. The Hall–Kier alpha value is -2.03. The lowest BCUT2D eigenvalue weighted by Crippen LogP contribution is -2.26. The maximum absolute atomic E-state index is 9.05. The van der Waals surface area contributed by atoms with E-state index in [-0.39, 0.29) is 0 Å². The van der Waals surface area contributed by atoms with E-state index in [0.29, 0.717) is 35.2 Å². The molecule has 0 aliphatic carbocycles. The van der Waals surface area contributed by atoms with Crippen LogP contribution in [0.15, 0.2) is 23.3 Å². The maximum atomic E-state index is 9.05. The third kappa shape index (κ3) is 3.79. The minimum Gasteiger partial charge on any atom is -0.397 e. The molecular formula is C9H17N7O. The van der Waals surface area contributed by atoms with Gasteiger partial charge in [0, 0.05) is 6.42 Å². The summed E-state index contributed by atoms with van der Waals surface area (Å²) < 4.78 is 0. The van der Waals surface area contributed by atoms with Gasteiger partial charge in [0.05, 0.1) is 5.69 Å². The van der Waals surface area contributed by atoms with Gasteiger partial charge in [0.1, 0.15) is 11.5 Å². The van der Waals surface area contributed by atoms with Gasteiger partial charge in [-0.3, -0.25) is 5.21 Å². The standard InChI is InChI=1S/C9H17N7O/c10-7-5-6(1-3-8(7)16(13)17)2-4-9(11)14-15-12/h1,3,5,15,17H,2,4,10,12-13H2,(H2,11,14). The second-order valence-electron chi connectivity index (χ2n) is 3.47. The van der Waals surface area contributed by atoms with Crippen LogP contribution < -0.4 is 33.9 Å². The fraction of sp³-hybridized carbons (Fsp3) is 0.222. The van der Waals surface area contributed by atoms with Crippen LogP contribution in [0.2, 0.25) is 0 Å². The molecule has 1 aromatic carbocycles. The number of aryl methyl sites for hydroxylation is 1. The average Bonchev–Trinajstić information content (AvgIpc) is 2.26. The Morgan fingerprint density at radius 2 is 2.18 bits per heavy atom. The number of nitrogens with two attached hydrogens (primary N) is 4. The van der Waals surface area contributed by atoms with E-state index in [2.05, 4.69) is 10.6 Å². The molecule has 0 bridgehead atoms. The summed E-state index contributed by atoms with van der Waals surface area (Å²) in [5.74, 6) is 10.6. The van der Waals surface area contributed by atoms with Crippen molar-refractivity contribution in [3.05, 3.63) is 23.8 Å². The van der Waals surface area contributed by atoms with E-state index >= 15 is 0 Å². The summed E-state index contributed by atoms with van der Waals surface area (Å²) in [4.78, 5) is 0. The molecule has 1 aromatic rings. The fourth-order valence-electron chi connectivity index (χ4n) is 1.38. The van der Waals surface area contributed by atoms with E-state index in [1.165, 1.54) is 0 Å². The number of hydrogen-bond donors (Lipinski definition) is 6. The van der Waals surface area contributed by atoms with Gasteiger partial charge in [0.2, 0.25) is 0 Å². The van der Waals surface area contributed by atoms with Gasteiger partial charge in [0.15, 0.2) is 0 Å². The SMILES string of the molecule is NN/N=C(\N)CCc1ccc(N(N)O)c(N)c1. The number of rotatable bonds is 5. The molecule has 10 N–H and O–H groups in total. The van der Waals surface area contributed by atoms with Crippen molar-refractivity contribution in [3.63, 3.8) is 0 Å². The third-order valence-corrected chi connectivity index (χ3v) is 2.22. The van der Waals surface area contributed by atoms with Gasteiger partial charge in [-0.05, 0) is 24.1 Å². The molecule has 0 saturated heterocycles. The van der Waals surface area contributed by atoms with Crippen LogP contribution in [0.4, 0.5) is 11.4 Å². The quantitative estimate of drug-likeness (QED) is 0.127. The average molecular weight is 239 g/mol. The monoisotopic (exact) mass is 239 g/mol. The van der Waals surface area contributed by atoms with Crippen molar-refractivity contribution in [1.82, 2.24) is 5.53 Å². The minimum absolute atomic E-state index is 0.346. The molecule has 0 radical (unpaired) electrons. The number of hydrazone groups is 1. The summed E-state index contributed by atoms with van der Waals surface area (Å²) in [5.41, 5.74) is 15.1. The zero-order valence-corrected chi connectivity index (χ0v) is 9.30. The highest BCUT2D eigenvalue weighted by molar-refractivity contribution is 5.80. The second-order valence-corrected chi connectivity index (χ2v) is 3.47. The van der Waals surface area contributed by atoms with E-state index in [4.69, 9.17) is 28.4 Å². The summed E-state index contributed by atoms with van der Waals surface area (Å²) >= 11 is 0. The van der Waals surface area contributed by atoms with E-state index in [1.54, 1.807) is 18.2 Å². The van der Waals surface area contributed by atoms with Gasteiger partial charge in [0.25, 0.3) is 0 Å². The molecule has 17 heavy (non-hydrogen) atoms. The van der Waals surface area contributed by atoms with E-state index < -0.39 is 0 Å². The van der Waals surface area contributed by atoms with Crippen LogP contribution in [0.3, 0.4) is 0 Å².